The summed E-state index contributed by atoms with van der Waals surface area (Å²) < 4.78 is 0. The minimum absolute atomic E-state index is 0.00975. The van der Waals surface area contributed by atoms with Gasteiger partial charge in [-0.2, -0.15) is 0 Å². The number of nitrogens with zero attached hydrogens (tertiary/aromatic N) is 1. The molecule has 1 aliphatic carbocycles. The van der Waals surface area contributed by atoms with Gasteiger partial charge in [-0.1, -0.05) is 31.2 Å². The van der Waals surface area contributed by atoms with Crippen LogP contribution < -0.4 is 5.73 Å². The third-order valence-corrected chi connectivity index (χ3v) is 4.16. The lowest BCUT2D eigenvalue weighted by Gasteiger charge is -2.37. The van der Waals surface area contributed by atoms with Crippen LogP contribution in [0.2, 0.25) is 0 Å². The van der Waals surface area contributed by atoms with Gasteiger partial charge in [-0.05, 0) is 36.0 Å². The molecule has 2 N–H and O–H groups in total. The summed E-state index contributed by atoms with van der Waals surface area (Å²) in [4.78, 5) is 25.2. The molecule has 1 unspecified atom stereocenters. The number of nitrogens with two attached hydrogens (primary N) is 1. The predicted octanol–water partition coefficient (Wildman–Crippen LogP) is 1.70. The molecule has 1 aromatic rings. The van der Waals surface area contributed by atoms with E-state index in [4.69, 9.17) is 5.73 Å². The van der Waals surface area contributed by atoms with Crippen molar-refractivity contribution < 1.29 is 9.59 Å². The average Bonchev–Trinajstić information content (AvgIpc) is 2.43. The molecular formula is C16H18N2O2. The minimum Gasteiger partial charge on any atom is -0.368 e. The highest BCUT2D eigenvalue weighted by atomic mass is 16.2. The second-order valence-corrected chi connectivity index (χ2v) is 5.58. The molecule has 104 valence electrons. The van der Waals surface area contributed by atoms with E-state index in [1.165, 1.54) is 16.7 Å². The van der Waals surface area contributed by atoms with Crippen molar-refractivity contribution >= 4 is 17.4 Å². The summed E-state index contributed by atoms with van der Waals surface area (Å²) in [6.07, 6.45) is 2.46. The van der Waals surface area contributed by atoms with Crippen molar-refractivity contribution in [3.8, 4) is 0 Å². The predicted molar refractivity (Wildman–Crippen MR) is 76.4 cm³/mol. The number of benzene rings is 1. The van der Waals surface area contributed by atoms with Crippen LogP contribution in [-0.2, 0) is 16.0 Å². The second kappa shape index (κ2) is 4.78. The van der Waals surface area contributed by atoms with Gasteiger partial charge in [0.2, 0.25) is 11.8 Å². The highest BCUT2D eigenvalue weighted by molar-refractivity contribution is 5.92. The van der Waals surface area contributed by atoms with Gasteiger partial charge in [-0.3, -0.25) is 9.59 Å². The van der Waals surface area contributed by atoms with Gasteiger partial charge in [0.25, 0.3) is 0 Å². The highest BCUT2D eigenvalue weighted by Gasteiger charge is 2.35. The number of fused-ring (bicyclic) bond motifs is 2. The van der Waals surface area contributed by atoms with Crippen LogP contribution >= 0.6 is 0 Å². The first-order valence-corrected chi connectivity index (χ1v) is 6.98. The number of carbonyl (C=O) groups is 2. The number of hydrogen-bond donors (Lipinski definition) is 1. The maximum absolute atomic E-state index is 12.3. The zero-order valence-corrected chi connectivity index (χ0v) is 11.6. The fourth-order valence-electron chi connectivity index (χ4n) is 3.24. The van der Waals surface area contributed by atoms with Crippen molar-refractivity contribution in [1.82, 2.24) is 4.90 Å². The van der Waals surface area contributed by atoms with Crippen LogP contribution in [0.1, 0.15) is 30.9 Å². The van der Waals surface area contributed by atoms with Crippen LogP contribution in [0.25, 0.3) is 5.57 Å². The summed E-state index contributed by atoms with van der Waals surface area (Å²) in [5.74, 6) is -0.542. The summed E-state index contributed by atoms with van der Waals surface area (Å²) in [7, 11) is 0. The van der Waals surface area contributed by atoms with E-state index in [0.29, 0.717) is 0 Å². The molecule has 0 fully saturated rings. The molecule has 20 heavy (non-hydrogen) atoms. The van der Waals surface area contributed by atoms with Gasteiger partial charge < -0.3 is 10.6 Å². The lowest BCUT2D eigenvalue weighted by molar-refractivity contribution is -0.136. The molecule has 1 aliphatic heterocycles. The lowest BCUT2D eigenvalue weighted by atomic mass is 9.81. The molecule has 1 atom stereocenters. The second-order valence-electron chi connectivity index (χ2n) is 5.58. The standard InChI is InChI=1S/C16H18N2O2/c1-10-8-13-12-5-3-2-4-11(12)6-7-14(13)18(16(10)20)9-15(17)19/h2-5,10H,6-9H2,1H3,(H2,17,19). The van der Waals surface area contributed by atoms with E-state index in [9.17, 15) is 9.59 Å². The van der Waals surface area contributed by atoms with Crippen LogP contribution in [-0.4, -0.2) is 23.3 Å². The summed E-state index contributed by atoms with van der Waals surface area (Å²) in [5.41, 5.74) is 10.0. The summed E-state index contributed by atoms with van der Waals surface area (Å²) in [6.45, 7) is 1.90. The molecule has 0 spiro atoms. The highest BCUT2D eigenvalue weighted by Crippen LogP contribution is 2.40. The Morgan fingerprint density at radius 1 is 1.35 bits per heavy atom. The molecule has 0 saturated carbocycles. The fraction of sp³-hybridized carbons (Fsp3) is 0.375. The maximum Gasteiger partial charge on any atom is 0.237 e. The minimum atomic E-state index is -0.460. The quantitative estimate of drug-likeness (QED) is 0.889. The van der Waals surface area contributed by atoms with E-state index in [2.05, 4.69) is 12.1 Å². The molecule has 2 amide bonds. The smallest absolute Gasteiger partial charge is 0.237 e. The van der Waals surface area contributed by atoms with Gasteiger partial charge >= 0.3 is 0 Å². The normalized spacial score (nSPS) is 21.6. The maximum atomic E-state index is 12.3. The first kappa shape index (κ1) is 12.9. The number of amides is 2. The molecule has 0 bridgehead atoms. The molecule has 2 aliphatic rings. The number of allylic oxidation sites excluding steroid dienone is 2. The summed E-state index contributed by atoms with van der Waals surface area (Å²) in [6, 6.07) is 8.31. The van der Waals surface area contributed by atoms with Crippen molar-refractivity contribution in [1.29, 1.82) is 0 Å². The van der Waals surface area contributed by atoms with Gasteiger partial charge in [0.05, 0.1) is 0 Å². The van der Waals surface area contributed by atoms with E-state index in [-0.39, 0.29) is 18.4 Å². The number of carbonyl (C=O) groups excluding carboxylic acids is 2. The first-order chi connectivity index (χ1) is 9.58. The summed E-state index contributed by atoms with van der Waals surface area (Å²) >= 11 is 0. The SMILES string of the molecule is CC1CC2=C(CCc3ccccc32)N(CC(N)=O)C1=O. The van der Waals surface area contributed by atoms with Crippen molar-refractivity contribution in [2.75, 3.05) is 6.54 Å². The van der Waals surface area contributed by atoms with Crippen LogP contribution in [0.3, 0.4) is 0 Å². The van der Waals surface area contributed by atoms with E-state index < -0.39 is 5.91 Å². The Balaban J connectivity index is 2.09. The number of aryl methyl sites for hydroxylation is 1. The Bertz CT molecular complexity index is 619. The monoisotopic (exact) mass is 270 g/mol. The Morgan fingerprint density at radius 2 is 2.10 bits per heavy atom. The van der Waals surface area contributed by atoms with Crippen molar-refractivity contribution in [3.63, 3.8) is 0 Å². The zero-order valence-electron chi connectivity index (χ0n) is 11.6. The van der Waals surface area contributed by atoms with Gasteiger partial charge in [0, 0.05) is 11.6 Å². The third-order valence-electron chi connectivity index (χ3n) is 4.16. The molecule has 1 aromatic carbocycles. The van der Waals surface area contributed by atoms with E-state index >= 15 is 0 Å². The molecule has 4 nitrogen and oxygen atoms in total. The Hall–Kier alpha value is -2.10. The van der Waals surface area contributed by atoms with Crippen molar-refractivity contribution in [2.24, 2.45) is 11.7 Å². The topological polar surface area (TPSA) is 63.4 Å². The van der Waals surface area contributed by atoms with E-state index in [1.807, 2.05) is 19.1 Å². The van der Waals surface area contributed by atoms with Crippen LogP contribution in [0, 0.1) is 5.92 Å². The average molecular weight is 270 g/mol. The van der Waals surface area contributed by atoms with Crippen LogP contribution in [0.15, 0.2) is 30.0 Å². The summed E-state index contributed by atoms with van der Waals surface area (Å²) in [5, 5.41) is 0. The van der Waals surface area contributed by atoms with Gasteiger partial charge in [0.1, 0.15) is 6.54 Å². The molecule has 3 rings (SSSR count). The molecule has 4 heteroatoms. The van der Waals surface area contributed by atoms with E-state index in [0.717, 1.165) is 25.0 Å². The Kier molecular flexibility index (Phi) is 3.08. The van der Waals surface area contributed by atoms with Crippen molar-refractivity contribution in [3.05, 3.63) is 41.1 Å². The molecule has 0 aromatic heterocycles. The van der Waals surface area contributed by atoms with Crippen LogP contribution in [0.4, 0.5) is 0 Å². The molecule has 1 heterocycles. The molecular weight excluding hydrogens is 252 g/mol. The van der Waals surface area contributed by atoms with Crippen LogP contribution in [0.5, 0.6) is 0 Å². The van der Waals surface area contributed by atoms with Gasteiger partial charge in [-0.15, -0.1) is 0 Å². The number of hydrogen-bond acceptors (Lipinski definition) is 2. The Labute approximate surface area is 118 Å². The number of primary amides is 1. The Morgan fingerprint density at radius 3 is 2.85 bits per heavy atom. The van der Waals surface area contributed by atoms with E-state index in [1.54, 1.807) is 4.90 Å². The third kappa shape index (κ3) is 2.01. The molecule has 0 radical (unpaired) electrons. The first-order valence-electron chi connectivity index (χ1n) is 6.98. The fourth-order valence-corrected chi connectivity index (χ4v) is 3.24. The number of rotatable bonds is 2. The zero-order chi connectivity index (χ0) is 14.3. The largest absolute Gasteiger partial charge is 0.368 e. The lowest BCUT2D eigenvalue weighted by Crippen LogP contribution is -2.44. The van der Waals surface area contributed by atoms with Crippen molar-refractivity contribution in [2.45, 2.75) is 26.2 Å². The van der Waals surface area contributed by atoms with Gasteiger partial charge in [-0.25, -0.2) is 0 Å². The van der Waals surface area contributed by atoms with Gasteiger partial charge in [0.15, 0.2) is 0 Å². The molecule has 0 saturated heterocycles.